The van der Waals surface area contributed by atoms with Gasteiger partial charge in [-0.2, -0.15) is 0 Å². The molecule has 21 heavy (non-hydrogen) atoms. The summed E-state index contributed by atoms with van der Waals surface area (Å²) in [6.07, 6.45) is 2.70. The highest BCUT2D eigenvalue weighted by Crippen LogP contribution is 2.37. The van der Waals surface area contributed by atoms with Gasteiger partial charge in [-0.15, -0.1) is 0 Å². The third-order valence-electron chi connectivity index (χ3n) is 3.91. The van der Waals surface area contributed by atoms with Crippen LogP contribution in [0.3, 0.4) is 0 Å². The van der Waals surface area contributed by atoms with E-state index >= 15 is 0 Å². The quantitative estimate of drug-likeness (QED) is 0.567. The van der Waals surface area contributed by atoms with Crippen LogP contribution in [0.25, 0.3) is 0 Å². The molecule has 1 aromatic rings. The van der Waals surface area contributed by atoms with Gasteiger partial charge >= 0.3 is 5.97 Å². The van der Waals surface area contributed by atoms with Crippen molar-refractivity contribution in [3.63, 3.8) is 0 Å². The van der Waals surface area contributed by atoms with Gasteiger partial charge in [0.2, 0.25) is 0 Å². The first-order chi connectivity index (χ1) is 9.86. The molecule has 0 bridgehead atoms. The van der Waals surface area contributed by atoms with Crippen molar-refractivity contribution >= 4 is 23.3 Å². The molecule has 6 heteroatoms. The summed E-state index contributed by atoms with van der Waals surface area (Å²) in [5.74, 6) is -0.910. The van der Waals surface area contributed by atoms with Crippen LogP contribution in [0.4, 0.5) is 5.69 Å². The van der Waals surface area contributed by atoms with Gasteiger partial charge in [0.1, 0.15) is 0 Å². The van der Waals surface area contributed by atoms with E-state index in [1.165, 1.54) is 18.2 Å². The molecule has 0 fully saturated rings. The van der Waals surface area contributed by atoms with Gasteiger partial charge in [0.25, 0.3) is 5.69 Å². The first-order valence-corrected chi connectivity index (χ1v) is 7.40. The summed E-state index contributed by atoms with van der Waals surface area (Å²) in [5, 5.41) is 21.1. The van der Waals surface area contributed by atoms with Crippen LogP contribution in [-0.2, 0) is 11.2 Å². The van der Waals surface area contributed by atoms with Gasteiger partial charge in [-0.05, 0) is 31.4 Å². The molecule has 0 radical (unpaired) electrons. The maximum absolute atomic E-state index is 11.7. The van der Waals surface area contributed by atoms with E-state index in [1.54, 1.807) is 6.92 Å². The Morgan fingerprint density at radius 3 is 2.57 bits per heavy atom. The van der Waals surface area contributed by atoms with Crippen LogP contribution in [0.2, 0.25) is 5.02 Å². The molecule has 0 saturated heterocycles. The molecule has 116 valence electrons. The van der Waals surface area contributed by atoms with Crippen molar-refractivity contribution in [3.8, 4) is 0 Å². The normalized spacial score (nSPS) is 13.7. The van der Waals surface area contributed by atoms with Gasteiger partial charge in [0.15, 0.2) is 0 Å². The molecular formula is C15H20ClNO4. The molecule has 1 atom stereocenters. The van der Waals surface area contributed by atoms with Crippen molar-refractivity contribution < 1.29 is 14.8 Å². The van der Waals surface area contributed by atoms with Crippen molar-refractivity contribution in [2.45, 2.75) is 46.0 Å². The first-order valence-electron chi connectivity index (χ1n) is 7.02. The zero-order chi connectivity index (χ0) is 16.0. The average Bonchev–Trinajstić information content (AvgIpc) is 2.42. The third kappa shape index (κ3) is 4.17. The fourth-order valence-electron chi connectivity index (χ4n) is 2.48. The Balaban J connectivity index is 3.22. The maximum atomic E-state index is 11.7. The number of carboxylic acids is 1. The van der Waals surface area contributed by atoms with Crippen molar-refractivity contribution in [1.29, 1.82) is 0 Å². The number of hydrogen-bond acceptors (Lipinski definition) is 3. The highest BCUT2D eigenvalue weighted by Gasteiger charge is 2.38. The molecule has 0 aromatic heterocycles. The zero-order valence-corrected chi connectivity index (χ0v) is 13.0. The van der Waals surface area contributed by atoms with Gasteiger partial charge in [0, 0.05) is 16.7 Å². The molecule has 0 aliphatic carbocycles. The average molecular weight is 314 g/mol. The lowest BCUT2D eigenvalue weighted by Gasteiger charge is -2.28. The smallest absolute Gasteiger partial charge is 0.309 e. The lowest BCUT2D eigenvalue weighted by atomic mass is 9.75. The minimum atomic E-state index is -0.981. The highest BCUT2D eigenvalue weighted by molar-refractivity contribution is 6.30. The van der Waals surface area contributed by atoms with Crippen LogP contribution in [0, 0.1) is 15.5 Å². The molecule has 0 aliphatic rings. The number of nitro groups is 1. The number of halogens is 1. The van der Waals surface area contributed by atoms with E-state index in [0.717, 1.165) is 12.8 Å². The SMILES string of the molecule is CCCCC(CC)(Cc1cc(Cl)ccc1[N+](=O)[O-])C(=O)O. The van der Waals surface area contributed by atoms with Crippen LogP contribution in [0.5, 0.6) is 0 Å². The topological polar surface area (TPSA) is 80.4 Å². The van der Waals surface area contributed by atoms with Gasteiger partial charge in [-0.1, -0.05) is 38.3 Å². The summed E-state index contributed by atoms with van der Waals surface area (Å²) in [7, 11) is 0. The van der Waals surface area contributed by atoms with E-state index in [9.17, 15) is 20.0 Å². The van der Waals surface area contributed by atoms with E-state index in [0.29, 0.717) is 23.4 Å². The second-order valence-corrected chi connectivity index (χ2v) is 5.69. The number of nitrogens with zero attached hydrogens (tertiary/aromatic N) is 1. The molecule has 1 aromatic carbocycles. The Morgan fingerprint density at radius 2 is 2.10 bits per heavy atom. The predicted molar refractivity (Wildman–Crippen MR) is 81.7 cm³/mol. The fourth-order valence-corrected chi connectivity index (χ4v) is 2.67. The van der Waals surface area contributed by atoms with Gasteiger partial charge in [-0.3, -0.25) is 14.9 Å². The number of carboxylic acid groups (broad SMARTS) is 1. The monoisotopic (exact) mass is 313 g/mol. The Hall–Kier alpha value is -1.62. The minimum Gasteiger partial charge on any atom is -0.481 e. The second-order valence-electron chi connectivity index (χ2n) is 5.25. The van der Waals surface area contributed by atoms with E-state index in [4.69, 9.17) is 11.6 Å². The van der Waals surface area contributed by atoms with Crippen LogP contribution in [-0.4, -0.2) is 16.0 Å². The lowest BCUT2D eigenvalue weighted by molar-refractivity contribution is -0.385. The molecule has 1 rings (SSSR count). The Kier molecular flexibility index (Phi) is 6.15. The number of hydrogen-bond donors (Lipinski definition) is 1. The summed E-state index contributed by atoms with van der Waals surface area (Å²) in [6.45, 7) is 3.80. The second kappa shape index (κ2) is 7.41. The van der Waals surface area contributed by atoms with Crippen LogP contribution in [0.1, 0.15) is 45.1 Å². The van der Waals surface area contributed by atoms with Gasteiger partial charge in [0.05, 0.1) is 10.3 Å². The van der Waals surface area contributed by atoms with Crippen molar-refractivity contribution in [2.75, 3.05) is 0 Å². The number of aliphatic carboxylic acids is 1. The van der Waals surface area contributed by atoms with Crippen molar-refractivity contribution in [3.05, 3.63) is 38.9 Å². The molecule has 0 aliphatic heterocycles. The number of benzene rings is 1. The van der Waals surface area contributed by atoms with E-state index in [-0.39, 0.29) is 12.1 Å². The predicted octanol–water partition coefficient (Wildman–Crippen LogP) is 4.46. The molecule has 5 nitrogen and oxygen atoms in total. The standard InChI is InChI=1S/C15H20ClNO4/c1-3-5-8-15(4-2,14(18)19)10-11-9-12(16)6-7-13(11)17(20)21/h6-7,9H,3-5,8,10H2,1-2H3,(H,18,19). The molecule has 1 N–H and O–H groups in total. The molecule has 0 heterocycles. The molecular weight excluding hydrogens is 294 g/mol. The van der Waals surface area contributed by atoms with Crippen molar-refractivity contribution in [2.24, 2.45) is 5.41 Å². The van der Waals surface area contributed by atoms with Crippen LogP contribution < -0.4 is 0 Å². The number of carbonyl (C=O) groups is 1. The number of nitro benzene ring substituents is 1. The largest absolute Gasteiger partial charge is 0.481 e. The molecule has 0 saturated carbocycles. The van der Waals surface area contributed by atoms with Crippen molar-refractivity contribution in [1.82, 2.24) is 0 Å². The lowest BCUT2D eigenvalue weighted by Crippen LogP contribution is -2.33. The third-order valence-corrected chi connectivity index (χ3v) is 4.14. The molecule has 1 unspecified atom stereocenters. The summed E-state index contributed by atoms with van der Waals surface area (Å²) in [5.41, 5.74) is -0.673. The first kappa shape index (κ1) is 17.4. The minimum absolute atomic E-state index is 0.0741. The van der Waals surface area contributed by atoms with Gasteiger partial charge in [-0.25, -0.2) is 0 Å². The molecule has 0 amide bonds. The van der Waals surface area contributed by atoms with Gasteiger partial charge < -0.3 is 5.11 Å². The fraction of sp³-hybridized carbons (Fsp3) is 0.533. The molecule has 0 spiro atoms. The summed E-state index contributed by atoms with van der Waals surface area (Å²) >= 11 is 5.91. The van der Waals surface area contributed by atoms with E-state index in [1.807, 2.05) is 6.92 Å². The Bertz CT molecular complexity index is 532. The Morgan fingerprint density at radius 1 is 1.43 bits per heavy atom. The van der Waals surface area contributed by atoms with Crippen LogP contribution in [0.15, 0.2) is 18.2 Å². The summed E-state index contributed by atoms with van der Waals surface area (Å²) < 4.78 is 0. The zero-order valence-electron chi connectivity index (χ0n) is 12.3. The van der Waals surface area contributed by atoms with Crippen LogP contribution >= 0.6 is 11.6 Å². The van der Waals surface area contributed by atoms with E-state index < -0.39 is 16.3 Å². The summed E-state index contributed by atoms with van der Waals surface area (Å²) in [6, 6.07) is 4.28. The number of unbranched alkanes of at least 4 members (excludes halogenated alkanes) is 1. The number of rotatable bonds is 8. The highest BCUT2D eigenvalue weighted by atomic mass is 35.5. The van der Waals surface area contributed by atoms with E-state index in [2.05, 4.69) is 0 Å². The maximum Gasteiger partial charge on any atom is 0.309 e. The Labute approximate surface area is 129 Å². The summed E-state index contributed by atoms with van der Waals surface area (Å²) in [4.78, 5) is 22.3.